The van der Waals surface area contributed by atoms with Crippen LogP contribution in [0.25, 0.3) is 0 Å². The Labute approximate surface area is 68.7 Å². The van der Waals surface area contributed by atoms with E-state index in [9.17, 15) is 4.79 Å². The molecule has 0 aromatic carbocycles. The van der Waals surface area contributed by atoms with E-state index in [0.29, 0.717) is 12.5 Å². The van der Waals surface area contributed by atoms with E-state index in [0.717, 1.165) is 6.42 Å². The highest BCUT2D eigenvalue weighted by Crippen LogP contribution is 2.28. The van der Waals surface area contributed by atoms with E-state index in [-0.39, 0.29) is 12.0 Å². The quantitative estimate of drug-likeness (QED) is 0.656. The zero-order valence-corrected chi connectivity index (χ0v) is 6.74. The lowest BCUT2D eigenvalue weighted by Crippen LogP contribution is -2.09. The van der Waals surface area contributed by atoms with Crippen molar-refractivity contribution in [3.63, 3.8) is 0 Å². The largest absolute Gasteiger partial charge is 0.434 e. The number of aromatic amines is 1. The summed E-state index contributed by atoms with van der Waals surface area (Å²) < 4.78 is 10.1. The second-order valence-corrected chi connectivity index (χ2v) is 2.92. The molecule has 5 nitrogen and oxygen atoms in total. The van der Waals surface area contributed by atoms with Crippen molar-refractivity contribution in [2.45, 2.75) is 25.4 Å². The Kier molecular flexibility index (Phi) is 1.73. The van der Waals surface area contributed by atoms with Gasteiger partial charge in [0.1, 0.15) is 0 Å². The number of nitrogens with one attached hydrogen (secondary N) is 1. The predicted molar refractivity (Wildman–Crippen MR) is 39.9 cm³/mol. The minimum Gasteiger partial charge on any atom is -0.392 e. The third-order valence-corrected chi connectivity index (χ3v) is 2.15. The fraction of sp³-hybridized carbons (Fsp3) is 0.714. The average molecular weight is 170 g/mol. The lowest BCUT2D eigenvalue weighted by molar-refractivity contribution is 0.114. The maximum absolute atomic E-state index is 10.6. The minimum atomic E-state index is -0.496. The van der Waals surface area contributed by atoms with E-state index in [1.807, 2.05) is 6.92 Å². The van der Waals surface area contributed by atoms with Gasteiger partial charge in [-0.05, 0) is 13.3 Å². The molecule has 2 atom stereocenters. The molecule has 2 heterocycles. The van der Waals surface area contributed by atoms with Crippen molar-refractivity contribution in [1.82, 2.24) is 10.2 Å². The molecule has 12 heavy (non-hydrogen) atoms. The first kappa shape index (κ1) is 7.54. The molecule has 1 aromatic heterocycles. The normalized spacial score (nSPS) is 29.4. The first-order valence-corrected chi connectivity index (χ1v) is 3.94. The lowest BCUT2D eigenvalue weighted by atomic mass is 10.0. The van der Waals surface area contributed by atoms with Gasteiger partial charge in [0.25, 0.3) is 0 Å². The smallest absolute Gasteiger partial charge is 0.392 e. The van der Waals surface area contributed by atoms with Gasteiger partial charge in [-0.15, -0.1) is 5.10 Å². The molecular weight excluding hydrogens is 160 g/mol. The number of nitrogens with zero attached hydrogens (tertiary/aromatic N) is 1. The molecule has 0 radical (unpaired) electrons. The van der Waals surface area contributed by atoms with Gasteiger partial charge in [0.2, 0.25) is 5.89 Å². The van der Waals surface area contributed by atoms with Crippen LogP contribution in [-0.2, 0) is 4.74 Å². The summed E-state index contributed by atoms with van der Waals surface area (Å²) in [5, 5.41) is 6.00. The minimum absolute atomic E-state index is 0.0939. The van der Waals surface area contributed by atoms with Crippen molar-refractivity contribution in [2.24, 2.45) is 0 Å². The van der Waals surface area contributed by atoms with Gasteiger partial charge in [-0.25, -0.2) is 9.89 Å². The van der Waals surface area contributed by atoms with Crippen molar-refractivity contribution in [2.75, 3.05) is 6.61 Å². The van der Waals surface area contributed by atoms with Crippen LogP contribution in [0, 0.1) is 0 Å². The van der Waals surface area contributed by atoms with E-state index in [1.54, 1.807) is 0 Å². The van der Waals surface area contributed by atoms with E-state index in [2.05, 4.69) is 10.2 Å². The van der Waals surface area contributed by atoms with E-state index in [4.69, 9.17) is 9.15 Å². The third kappa shape index (κ3) is 1.16. The number of ether oxygens (including phenoxy) is 1. The highest BCUT2D eigenvalue weighted by molar-refractivity contribution is 4.95. The summed E-state index contributed by atoms with van der Waals surface area (Å²) in [7, 11) is 0. The van der Waals surface area contributed by atoms with Crippen molar-refractivity contribution in [3.8, 4) is 0 Å². The molecule has 0 bridgehead atoms. The Bertz CT molecular complexity index is 316. The van der Waals surface area contributed by atoms with Crippen LogP contribution < -0.4 is 5.76 Å². The Morgan fingerprint density at radius 2 is 2.50 bits per heavy atom. The third-order valence-electron chi connectivity index (χ3n) is 2.15. The van der Waals surface area contributed by atoms with E-state index in [1.165, 1.54) is 0 Å². The molecule has 1 aromatic rings. The molecular formula is C7H10N2O3. The van der Waals surface area contributed by atoms with E-state index >= 15 is 0 Å². The van der Waals surface area contributed by atoms with Crippen molar-refractivity contribution < 1.29 is 9.15 Å². The van der Waals surface area contributed by atoms with Crippen molar-refractivity contribution in [3.05, 3.63) is 16.4 Å². The summed E-state index contributed by atoms with van der Waals surface area (Å²) >= 11 is 0. The van der Waals surface area contributed by atoms with Gasteiger partial charge in [-0.2, -0.15) is 0 Å². The molecule has 1 fully saturated rings. The van der Waals surface area contributed by atoms with Crippen LogP contribution in [0.3, 0.4) is 0 Å². The average Bonchev–Trinajstić information content (AvgIpc) is 2.58. The molecule has 0 aliphatic carbocycles. The molecule has 0 saturated carbocycles. The van der Waals surface area contributed by atoms with E-state index < -0.39 is 5.76 Å². The highest BCUT2D eigenvalue weighted by atomic mass is 16.5. The second-order valence-electron chi connectivity index (χ2n) is 2.92. The zero-order valence-electron chi connectivity index (χ0n) is 6.74. The topological polar surface area (TPSA) is 68.1 Å². The molecule has 0 amide bonds. The van der Waals surface area contributed by atoms with Crippen molar-refractivity contribution >= 4 is 0 Å². The summed E-state index contributed by atoms with van der Waals surface area (Å²) in [6.45, 7) is 2.66. The number of aromatic nitrogens is 2. The summed E-state index contributed by atoms with van der Waals surface area (Å²) in [5.41, 5.74) is 0. The lowest BCUT2D eigenvalue weighted by Gasteiger charge is -2.07. The Balaban J connectivity index is 2.24. The van der Waals surface area contributed by atoms with Gasteiger partial charge >= 0.3 is 5.76 Å². The molecule has 2 unspecified atom stereocenters. The molecule has 1 aliphatic heterocycles. The number of hydrogen-bond acceptors (Lipinski definition) is 4. The van der Waals surface area contributed by atoms with Gasteiger partial charge < -0.3 is 9.15 Å². The fourth-order valence-electron chi connectivity index (χ4n) is 1.46. The Morgan fingerprint density at radius 3 is 3.00 bits per heavy atom. The van der Waals surface area contributed by atoms with Crippen LogP contribution >= 0.6 is 0 Å². The number of rotatable bonds is 1. The fourth-order valence-corrected chi connectivity index (χ4v) is 1.46. The second kappa shape index (κ2) is 2.75. The van der Waals surface area contributed by atoms with Gasteiger partial charge in [0.15, 0.2) is 0 Å². The number of hydrogen-bond donors (Lipinski definition) is 1. The van der Waals surface area contributed by atoms with Crippen LogP contribution in [0.1, 0.15) is 25.2 Å². The summed E-state index contributed by atoms with van der Waals surface area (Å²) in [5.74, 6) is 0.0954. The van der Waals surface area contributed by atoms with Crippen LogP contribution in [0.15, 0.2) is 9.21 Å². The van der Waals surface area contributed by atoms with Crippen molar-refractivity contribution in [1.29, 1.82) is 0 Å². The van der Waals surface area contributed by atoms with Crippen LogP contribution in [0.2, 0.25) is 0 Å². The Hall–Kier alpha value is -1.10. The van der Waals surface area contributed by atoms with Gasteiger partial charge in [-0.3, -0.25) is 0 Å². The van der Waals surface area contributed by atoms with Gasteiger partial charge in [0, 0.05) is 6.61 Å². The molecule has 0 spiro atoms. The SMILES string of the molecule is CC1OCCC1c1n[nH]c(=O)o1. The first-order valence-electron chi connectivity index (χ1n) is 3.94. The molecule has 1 N–H and O–H groups in total. The first-order chi connectivity index (χ1) is 5.77. The Morgan fingerprint density at radius 1 is 1.67 bits per heavy atom. The molecule has 1 aliphatic rings. The summed E-state index contributed by atoms with van der Waals surface area (Å²) in [6.07, 6.45) is 0.964. The summed E-state index contributed by atoms with van der Waals surface area (Å²) in [4.78, 5) is 10.6. The monoisotopic (exact) mass is 170 g/mol. The maximum Gasteiger partial charge on any atom is 0.434 e. The molecule has 2 rings (SSSR count). The van der Waals surface area contributed by atoms with Crippen LogP contribution in [0.5, 0.6) is 0 Å². The highest BCUT2D eigenvalue weighted by Gasteiger charge is 2.29. The molecule has 5 heteroatoms. The summed E-state index contributed by atoms with van der Waals surface area (Å²) in [6, 6.07) is 0. The zero-order chi connectivity index (χ0) is 8.55. The standard InChI is InChI=1S/C7H10N2O3/c1-4-5(2-3-11-4)6-8-9-7(10)12-6/h4-5H,2-3H2,1H3,(H,9,10). The van der Waals surface area contributed by atoms with Gasteiger partial charge in [-0.1, -0.05) is 0 Å². The molecule has 1 saturated heterocycles. The van der Waals surface area contributed by atoms with Crippen LogP contribution in [0.4, 0.5) is 0 Å². The maximum atomic E-state index is 10.6. The molecule has 66 valence electrons. The number of H-pyrrole nitrogens is 1. The predicted octanol–water partition coefficient (Wildman–Crippen LogP) is 0.255. The van der Waals surface area contributed by atoms with Gasteiger partial charge in [0.05, 0.1) is 12.0 Å². The van der Waals surface area contributed by atoms with Crippen LogP contribution in [-0.4, -0.2) is 22.9 Å².